The molecule has 0 aliphatic heterocycles. The molecule has 88 valence electrons. The second kappa shape index (κ2) is 5.30. The Balaban J connectivity index is 2.22. The van der Waals surface area contributed by atoms with Crippen LogP contribution >= 0.6 is 50.5 Å². The van der Waals surface area contributed by atoms with Crippen LogP contribution in [0.1, 0.15) is 10.4 Å². The number of aromatic nitrogens is 2. The number of nitrogens with one attached hydrogen (secondary N) is 1. The quantitative estimate of drug-likeness (QED) is 0.835. The molecular weight excluding hydrogens is 349 g/mol. The molecule has 2 rings (SSSR count). The van der Waals surface area contributed by atoms with E-state index in [-0.39, 0.29) is 21.6 Å². The number of amides is 1. The van der Waals surface area contributed by atoms with Gasteiger partial charge in [0, 0.05) is 6.20 Å². The van der Waals surface area contributed by atoms with Gasteiger partial charge in [-0.25, -0.2) is 9.97 Å². The number of anilines is 1. The number of carbonyl (C=O) groups is 1. The Morgan fingerprint density at radius 1 is 1.35 bits per heavy atom. The minimum atomic E-state index is -0.374. The maximum Gasteiger partial charge on any atom is 0.259 e. The molecule has 0 aromatic carbocycles. The van der Waals surface area contributed by atoms with E-state index in [0.717, 1.165) is 3.79 Å². The van der Waals surface area contributed by atoms with Crippen molar-refractivity contribution in [2.45, 2.75) is 0 Å². The average Bonchev–Trinajstić information content (AvgIpc) is 2.67. The number of rotatable bonds is 2. The van der Waals surface area contributed by atoms with E-state index in [9.17, 15) is 4.79 Å². The fourth-order valence-electron chi connectivity index (χ4n) is 1.06. The van der Waals surface area contributed by atoms with Crippen molar-refractivity contribution in [1.29, 1.82) is 0 Å². The fourth-order valence-corrected chi connectivity index (χ4v) is 2.51. The van der Waals surface area contributed by atoms with E-state index in [0.29, 0.717) is 5.13 Å². The van der Waals surface area contributed by atoms with Crippen LogP contribution in [0.25, 0.3) is 0 Å². The molecule has 0 aliphatic carbocycles. The minimum absolute atomic E-state index is 0.208. The summed E-state index contributed by atoms with van der Waals surface area (Å²) in [4.78, 5) is 19.6. The molecule has 0 saturated heterocycles. The SMILES string of the molecule is O=C(Nc1ncc(Br)s1)c1cc(Cl)ncc1Cl. The van der Waals surface area contributed by atoms with Gasteiger partial charge in [0.25, 0.3) is 5.91 Å². The molecule has 17 heavy (non-hydrogen) atoms. The topological polar surface area (TPSA) is 54.9 Å². The van der Waals surface area contributed by atoms with Crippen LogP contribution in [-0.2, 0) is 0 Å². The van der Waals surface area contributed by atoms with Crippen LogP contribution in [0.2, 0.25) is 10.2 Å². The van der Waals surface area contributed by atoms with Gasteiger partial charge in [-0.1, -0.05) is 34.5 Å². The van der Waals surface area contributed by atoms with Gasteiger partial charge in [0.05, 0.1) is 20.6 Å². The first kappa shape index (κ1) is 12.8. The first-order valence-electron chi connectivity index (χ1n) is 4.30. The monoisotopic (exact) mass is 351 g/mol. The highest BCUT2D eigenvalue weighted by molar-refractivity contribution is 9.11. The molecule has 0 unspecified atom stereocenters. The predicted molar refractivity (Wildman–Crippen MR) is 72.0 cm³/mol. The zero-order valence-corrected chi connectivity index (χ0v) is 12.0. The van der Waals surface area contributed by atoms with Crippen molar-refractivity contribution in [2.75, 3.05) is 5.32 Å². The first-order valence-corrected chi connectivity index (χ1v) is 6.66. The maximum absolute atomic E-state index is 11.9. The second-order valence-electron chi connectivity index (χ2n) is 2.91. The van der Waals surface area contributed by atoms with Gasteiger partial charge < -0.3 is 0 Å². The van der Waals surface area contributed by atoms with E-state index >= 15 is 0 Å². The van der Waals surface area contributed by atoms with Crippen molar-refractivity contribution in [3.05, 3.63) is 38.0 Å². The second-order valence-corrected chi connectivity index (χ2v) is 6.11. The lowest BCUT2D eigenvalue weighted by Gasteiger charge is -2.03. The molecule has 0 atom stereocenters. The molecule has 8 heteroatoms. The van der Waals surface area contributed by atoms with Crippen molar-refractivity contribution in [2.24, 2.45) is 0 Å². The number of nitrogens with zero attached hydrogens (tertiary/aromatic N) is 2. The third-order valence-corrected chi connectivity index (χ3v) is 3.66. The highest BCUT2D eigenvalue weighted by Gasteiger charge is 2.13. The number of pyridine rings is 1. The molecule has 2 aromatic heterocycles. The third kappa shape index (κ3) is 3.16. The van der Waals surface area contributed by atoms with Crippen LogP contribution < -0.4 is 5.32 Å². The lowest BCUT2D eigenvalue weighted by atomic mass is 10.2. The van der Waals surface area contributed by atoms with Gasteiger partial charge in [-0.3, -0.25) is 10.1 Å². The van der Waals surface area contributed by atoms with Crippen LogP contribution in [0.4, 0.5) is 5.13 Å². The molecule has 2 aromatic rings. The van der Waals surface area contributed by atoms with Gasteiger partial charge in [-0.15, -0.1) is 0 Å². The summed E-state index contributed by atoms with van der Waals surface area (Å²) >= 11 is 16.1. The van der Waals surface area contributed by atoms with Crippen LogP contribution in [0.5, 0.6) is 0 Å². The van der Waals surface area contributed by atoms with E-state index in [1.165, 1.54) is 23.6 Å². The maximum atomic E-state index is 11.9. The molecule has 0 saturated carbocycles. The zero-order chi connectivity index (χ0) is 12.4. The predicted octanol–water partition coefficient (Wildman–Crippen LogP) is 3.86. The smallest absolute Gasteiger partial charge is 0.259 e. The molecule has 0 radical (unpaired) electrons. The van der Waals surface area contributed by atoms with Crippen LogP contribution in [0, 0.1) is 0 Å². The Labute approximate surface area is 119 Å². The molecule has 0 spiro atoms. The number of hydrogen-bond donors (Lipinski definition) is 1. The van der Waals surface area contributed by atoms with E-state index in [1.54, 1.807) is 6.20 Å². The molecule has 4 nitrogen and oxygen atoms in total. The summed E-state index contributed by atoms with van der Waals surface area (Å²) in [6.45, 7) is 0. The van der Waals surface area contributed by atoms with Gasteiger partial charge >= 0.3 is 0 Å². The number of hydrogen-bond acceptors (Lipinski definition) is 4. The zero-order valence-electron chi connectivity index (χ0n) is 8.08. The van der Waals surface area contributed by atoms with Crippen LogP contribution in [-0.4, -0.2) is 15.9 Å². The summed E-state index contributed by atoms with van der Waals surface area (Å²) in [6.07, 6.45) is 2.93. The third-order valence-electron chi connectivity index (χ3n) is 1.76. The minimum Gasteiger partial charge on any atom is -0.298 e. The largest absolute Gasteiger partial charge is 0.298 e. The normalized spacial score (nSPS) is 10.3. The lowest BCUT2D eigenvalue weighted by molar-refractivity contribution is 0.102. The molecule has 2 heterocycles. The van der Waals surface area contributed by atoms with Crippen molar-refractivity contribution in [3.63, 3.8) is 0 Å². The molecule has 0 fully saturated rings. The number of halogens is 3. The standard InChI is InChI=1S/C9H4BrCl2N3OS/c10-6-3-14-9(17-6)15-8(16)4-1-7(12)13-2-5(4)11/h1-3H,(H,14,15,16). The molecule has 1 N–H and O–H groups in total. The summed E-state index contributed by atoms with van der Waals surface area (Å²) in [6, 6.07) is 1.40. The van der Waals surface area contributed by atoms with Crippen molar-refractivity contribution >= 4 is 61.5 Å². The Morgan fingerprint density at radius 3 is 2.76 bits per heavy atom. The summed E-state index contributed by atoms with van der Waals surface area (Å²) < 4.78 is 0.826. The molecule has 0 bridgehead atoms. The first-order chi connectivity index (χ1) is 8.06. The van der Waals surface area contributed by atoms with Crippen molar-refractivity contribution in [3.8, 4) is 0 Å². The molecular formula is C9H4BrCl2N3OS. The van der Waals surface area contributed by atoms with Crippen molar-refractivity contribution in [1.82, 2.24) is 9.97 Å². The van der Waals surface area contributed by atoms with Crippen LogP contribution in [0.3, 0.4) is 0 Å². The van der Waals surface area contributed by atoms with Gasteiger partial charge in [0.1, 0.15) is 5.15 Å². The number of carbonyl (C=O) groups excluding carboxylic acids is 1. The average molecular weight is 353 g/mol. The Hall–Kier alpha value is -0.690. The van der Waals surface area contributed by atoms with Gasteiger partial charge in [-0.05, 0) is 22.0 Å². The van der Waals surface area contributed by atoms with Gasteiger partial charge in [0.2, 0.25) is 0 Å². The Bertz CT molecular complexity index is 575. The Morgan fingerprint density at radius 2 is 2.12 bits per heavy atom. The van der Waals surface area contributed by atoms with E-state index in [1.807, 2.05) is 0 Å². The summed E-state index contributed by atoms with van der Waals surface area (Å²) in [5.74, 6) is -0.374. The highest BCUT2D eigenvalue weighted by atomic mass is 79.9. The van der Waals surface area contributed by atoms with E-state index < -0.39 is 0 Å². The summed E-state index contributed by atoms with van der Waals surface area (Å²) in [5.41, 5.74) is 0.262. The van der Waals surface area contributed by atoms with Gasteiger partial charge in [-0.2, -0.15) is 0 Å². The van der Waals surface area contributed by atoms with E-state index in [2.05, 4.69) is 31.2 Å². The number of thiazole rings is 1. The summed E-state index contributed by atoms with van der Waals surface area (Å²) in [5, 5.41) is 3.54. The highest BCUT2D eigenvalue weighted by Crippen LogP contribution is 2.25. The molecule has 1 amide bonds. The fraction of sp³-hybridized carbons (Fsp3) is 0. The lowest BCUT2D eigenvalue weighted by Crippen LogP contribution is -2.12. The summed E-state index contributed by atoms with van der Waals surface area (Å²) in [7, 11) is 0. The van der Waals surface area contributed by atoms with Crippen LogP contribution in [0.15, 0.2) is 22.2 Å². The Kier molecular flexibility index (Phi) is 3.98. The van der Waals surface area contributed by atoms with Crippen molar-refractivity contribution < 1.29 is 4.79 Å². The van der Waals surface area contributed by atoms with E-state index in [4.69, 9.17) is 23.2 Å². The molecule has 0 aliphatic rings. The van der Waals surface area contributed by atoms with Gasteiger partial charge in [0.15, 0.2) is 5.13 Å².